The van der Waals surface area contributed by atoms with Crippen LogP contribution in [-0.2, 0) is 4.79 Å². The Labute approximate surface area is 131 Å². The summed E-state index contributed by atoms with van der Waals surface area (Å²) in [5, 5.41) is 3.33. The minimum absolute atomic E-state index is 0.0106. The Morgan fingerprint density at radius 3 is 2.48 bits per heavy atom. The van der Waals surface area contributed by atoms with Gasteiger partial charge in [-0.3, -0.25) is 4.79 Å². The zero-order valence-corrected chi connectivity index (χ0v) is 14.7. The molecule has 0 aromatic heterocycles. The molecule has 0 spiro atoms. The van der Waals surface area contributed by atoms with Crippen molar-refractivity contribution in [2.45, 2.75) is 91.6 Å². The molecule has 0 aromatic rings. The van der Waals surface area contributed by atoms with Crippen LogP contribution in [0.3, 0.4) is 0 Å². The maximum atomic E-state index is 12.8. The second-order valence-electron chi connectivity index (χ2n) is 7.54. The first-order valence-corrected chi connectivity index (χ1v) is 8.90. The molecule has 3 heteroatoms. The third kappa shape index (κ3) is 4.70. The molecular weight excluding hydrogens is 260 g/mol. The molecule has 1 rings (SSSR count). The highest BCUT2D eigenvalue weighted by atomic mass is 16.2. The molecule has 1 fully saturated rings. The molecule has 1 amide bonds. The van der Waals surface area contributed by atoms with Crippen LogP contribution in [-0.4, -0.2) is 18.0 Å². The summed E-state index contributed by atoms with van der Waals surface area (Å²) in [6.45, 7) is 11.0. The van der Waals surface area contributed by atoms with Gasteiger partial charge >= 0.3 is 0 Å². The Bertz CT molecular complexity index is 327. The summed E-state index contributed by atoms with van der Waals surface area (Å²) in [7, 11) is 0. The SMILES string of the molecule is CCCCC(CCC)NC(=O)C1CCC(N)C(C)C1(C)C. The molecule has 1 aliphatic rings. The predicted octanol–water partition coefficient (Wildman–Crippen LogP) is 3.86. The van der Waals surface area contributed by atoms with Crippen LogP contribution in [0.25, 0.3) is 0 Å². The van der Waals surface area contributed by atoms with Crippen molar-refractivity contribution in [3.63, 3.8) is 0 Å². The summed E-state index contributed by atoms with van der Waals surface area (Å²) in [5.41, 5.74) is 6.19. The van der Waals surface area contributed by atoms with E-state index in [2.05, 4.69) is 39.9 Å². The Balaban J connectivity index is 2.68. The van der Waals surface area contributed by atoms with Crippen molar-refractivity contribution in [3.05, 3.63) is 0 Å². The van der Waals surface area contributed by atoms with Crippen molar-refractivity contribution >= 4 is 5.91 Å². The summed E-state index contributed by atoms with van der Waals surface area (Å²) >= 11 is 0. The van der Waals surface area contributed by atoms with Crippen molar-refractivity contribution in [1.82, 2.24) is 5.32 Å². The lowest BCUT2D eigenvalue weighted by molar-refractivity contribution is -0.133. The van der Waals surface area contributed by atoms with Crippen LogP contribution >= 0.6 is 0 Å². The number of nitrogens with one attached hydrogen (secondary N) is 1. The van der Waals surface area contributed by atoms with Gasteiger partial charge in [-0.1, -0.05) is 53.9 Å². The number of unbranched alkanes of at least 4 members (excludes halogenated alkanes) is 1. The smallest absolute Gasteiger partial charge is 0.223 e. The van der Waals surface area contributed by atoms with E-state index >= 15 is 0 Å². The van der Waals surface area contributed by atoms with E-state index in [-0.39, 0.29) is 23.3 Å². The molecule has 0 saturated heterocycles. The van der Waals surface area contributed by atoms with Crippen LogP contribution in [0, 0.1) is 17.3 Å². The van der Waals surface area contributed by atoms with E-state index in [0.717, 1.165) is 32.1 Å². The monoisotopic (exact) mass is 296 g/mol. The van der Waals surface area contributed by atoms with Gasteiger partial charge in [0.1, 0.15) is 0 Å². The lowest BCUT2D eigenvalue weighted by Crippen LogP contribution is -2.52. The van der Waals surface area contributed by atoms with Crippen molar-refractivity contribution in [2.24, 2.45) is 23.0 Å². The Morgan fingerprint density at radius 2 is 1.90 bits per heavy atom. The highest BCUT2D eigenvalue weighted by molar-refractivity contribution is 5.80. The van der Waals surface area contributed by atoms with Gasteiger partial charge in [-0.05, 0) is 37.0 Å². The molecule has 4 unspecified atom stereocenters. The molecule has 3 nitrogen and oxygen atoms in total. The van der Waals surface area contributed by atoms with E-state index in [9.17, 15) is 4.79 Å². The van der Waals surface area contributed by atoms with Crippen molar-refractivity contribution < 1.29 is 4.79 Å². The third-order valence-electron chi connectivity index (χ3n) is 5.71. The number of amides is 1. The molecule has 0 radical (unpaired) electrons. The molecular formula is C18H36N2O. The second-order valence-corrected chi connectivity index (χ2v) is 7.54. The van der Waals surface area contributed by atoms with Crippen LogP contribution in [0.1, 0.15) is 79.6 Å². The molecule has 0 bridgehead atoms. The number of hydrogen-bond acceptors (Lipinski definition) is 2. The standard InChI is InChI=1S/C18H36N2O/c1-6-8-10-14(9-7-2)20-17(21)15-11-12-16(19)13(3)18(15,4)5/h13-16H,6-12,19H2,1-5H3,(H,20,21). The summed E-state index contributed by atoms with van der Waals surface area (Å²) < 4.78 is 0. The van der Waals surface area contributed by atoms with Crippen LogP contribution < -0.4 is 11.1 Å². The molecule has 4 atom stereocenters. The predicted molar refractivity (Wildman–Crippen MR) is 90.0 cm³/mol. The lowest BCUT2D eigenvalue weighted by atomic mass is 9.61. The van der Waals surface area contributed by atoms with E-state index < -0.39 is 0 Å². The normalized spacial score (nSPS) is 29.9. The topological polar surface area (TPSA) is 55.1 Å². The van der Waals surface area contributed by atoms with Gasteiger partial charge in [0.25, 0.3) is 0 Å². The van der Waals surface area contributed by atoms with Crippen LogP contribution in [0.15, 0.2) is 0 Å². The highest BCUT2D eigenvalue weighted by Crippen LogP contribution is 2.44. The lowest BCUT2D eigenvalue weighted by Gasteiger charge is -2.46. The second kappa shape index (κ2) is 8.17. The Hall–Kier alpha value is -0.570. The van der Waals surface area contributed by atoms with Gasteiger partial charge in [0.15, 0.2) is 0 Å². The zero-order chi connectivity index (χ0) is 16.0. The largest absolute Gasteiger partial charge is 0.353 e. The highest BCUT2D eigenvalue weighted by Gasteiger charge is 2.45. The van der Waals surface area contributed by atoms with Gasteiger partial charge in [0, 0.05) is 18.0 Å². The minimum Gasteiger partial charge on any atom is -0.353 e. The van der Waals surface area contributed by atoms with Crippen LogP contribution in [0.2, 0.25) is 0 Å². The molecule has 0 heterocycles. The Morgan fingerprint density at radius 1 is 1.24 bits per heavy atom. The van der Waals surface area contributed by atoms with Crippen molar-refractivity contribution in [3.8, 4) is 0 Å². The maximum absolute atomic E-state index is 12.8. The van der Waals surface area contributed by atoms with Crippen molar-refractivity contribution in [2.75, 3.05) is 0 Å². The van der Waals surface area contributed by atoms with Gasteiger partial charge in [-0.2, -0.15) is 0 Å². The first-order valence-electron chi connectivity index (χ1n) is 8.90. The first-order chi connectivity index (χ1) is 9.84. The molecule has 0 aliphatic heterocycles. The molecule has 21 heavy (non-hydrogen) atoms. The quantitative estimate of drug-likeness (QED) is 0.749. The number of rotatable bonds is 7. The summed E-state index contributed by atoms with van der Waals surface area (Å²) in [4.78, 5) is 12.8. The van der Waals surface area contributed by atoms with E-state index in [1.165, 1.54) is 12.8 Å². The van der Waals surface area contributed by atoms with Gasteiger partial charge in [-0.25, -0.2) is 0 Å². The summed E-state index contributed by atoms with van der Waals surface area (Å²) in [6, 6.07) is 0.583. The number of nitrogens with two attached hydrogens (primary N) is 1. The number of carbonyl (C=O) groups is 1. The fourth-order valence-corrected chi connectivity index (χ4v) is 3.71. The van der Waals surface area contributed by atoms with E-state index in [1.807, 2.05) is 0 Å². The molecule has 1 saturated carbocycles. The number of carbonyl (C=O) groups excluding carboxylic acids is 1. The van der Waals surface area contributed by atoms with Gasteiger partial charge in [0.05, 0.1) is 0 Å². The minimum atomic E-state index is -0.0106. The zero-order valence-electron chi connectivity index (χ0n) is 14.7. The molecule has 3 N–H and O–H groups in total. The maximum Gasteiger partial charge on any atom is 0.223 e. The average Bonchev–Trinajstić information content (AvgIpc) is 2.42. The third-order valence-corrected chi connectivity index (χ3v) is 5.71. The van der Waals surface area contributed by atoms with E-state index in [0.29, 0.717) is 12.0 Å². The van der Waals surface area contributed by atoms with Crippen LogP contribution in [0.4, 0.5) is 0 Å². The van der Waals surface area contributed by atoms with Gasteiger partial charge < -0.3 is 11.1 Å². The van der Waals surface area contributed by atoms with Crippen LogP contribution in [0.5, 0.6) is 0 Å². The van der Waals surface area contributed by atoms with E-state index in [4.69, 9.17) is 5.73 Å². The van der Waals surface area contributed by atoms with Crippen molar-refractivity contribution in [1.29, 1.82) is 0 Å². The Kier molecular flexibility index (Phi) is 7.19. The molecule has 1 aliphatic carbocycles. The van der Waals surface area contributed by atoms with Gasteiger partial charge in [-0.15, -0.1) is 0 Å². The number of hydrogen-bond donors (Lipinski definition) is 2. The van der Waals surface area contributed by atoms with Gasteiger partial charge in [0.2, 0.25) is 5.91 Å². The summed E-state index contributed by atoms with van der Waals surface area (Å²) in [5.74, 6) is 0.754. The average molecular weight is 296 g/mol. The fourth-order valence-electron chi connectivity index (χ4n) is 3.71. The first kappa shape index (κ1) is 18.5. The fraction of sp³-hybridized carbons (Fsp3) is 0.944. The molecule has 0 aromatic carbocycles. The summed E-state index contributed by atoms with van der Waals surface area (Å²) in [6.07, 6.45) is 7.61. The molecule has 124 valence electrons. The van der Waals surface area contributed by atoms with E-state index in [1.54, 1.807) is 0 Å².